The highest BCUT2D eigenvalue weighted by Gasteiger charge is 2.23. The number of nitrogens with zero attached hydrogens (tertiary/aromatic N) is 3. The average Bonchev–Trinajstić information content (AvgIpc) is 2.64. The second-order valence-electron chi connectivity index (χ2n) is 6.61. The van der Waals surface area contributed by atoms with E-state index in [0.717, 1.165) is 63.7 Å². The van der Waals surface area contributed by atoms with Gasteiger partial charge < -0.3 is 15.1 Å². The molecule has 150 valence electrons. The molecule has 0 aromatic carbocycles. The first-order valence-electron chi connectivity index (χ1n) is 9.34. The highest BCUT2D eigenvalue weighted by molar-refractivity contribution is 5.94. The molecule has 2 rings (SSSR count). The predicted molar refractivity (Wildman–Crippen MR) is 114 cm³/mol. The van der Waals surface area contributed by atoms with Crippen LogP contribution < -0.4 is 10.2 Å². The largest absolute Gasteiger partial charge is 0.357 e. The Bertz CT molecular complexity index is 505. The van der Waals surface area contributed by atoms with Crippen molar-refractivity contribution in [1.29, 1.82) is 0 Å². The number of nitrogens with one attached hydrogen (secondary N) is 1. The Morgan fingerprint density at radius 1 is 1.27 bits per heavy atom. The summed E-state index contributed by atoms with van der Waals surface area (Å²) in [5.74, 6) is 1.83. The van der Waals surface area contributed by atoms with Crippen LogP contribution in [0.1, 0.15) is 49.9 Å². The zero-order chi connectivity index (χ0) is 17.4. The van der Waals surface area contributed by atoms with Crippen LogP contribution in [0.2, 0.25) is 0 Å². The Morgan fingerprint density at radius 2 is 1.96 bits per heavy atom. The number of pyridine rings is 1. The molecule has 1 aliphatic heterocycles. The minimum Gasteiger partial charge on any atom is -0.357 e. The molecule has 1 aromatic heterocycles. The summed E-state index contributed by atoms with van der Waals surface area (Å²) in [7, 11) is 2.00. The fourth-order valence-corrected chi connectivity index (χ4v) is 3.36. The molecule has 2 heterocycles. The van der Waals surface area contributed by atoms with E-state index in [0.29, 0.717) is 5.56 Å². The number of halogens is 2. The van der Waals surface area contributed by atoms with E-state index in [1.165, 1.54) is 6.42 Å². The van der Waals surface area contributed by atoms with Crippen LogP contribution in [-0.2, 0) is 0 Å². The van der Waals surface area contributed by atoms with E-state index in [-0.39, 0.29) is 30.7 Å². The molecule has 7 heteroatoms. The summed E-state index contributed by atoms with van der Waals surface area (Å²) in [6.07, 6.45) is 6.26. The molecule has 1 N–H and O–H groups in total. The van der Waals surface area contributed by atoms with Gasteiger partial charge in [-0.1, -0.05) is 6.92 Å². The number of piperidine rings is 1. The van der Waals surface area contributed by atoms with Crippen molar-refractivity contribution in [3.05, 3.63) is 23.9 Å². The van der Waals surface area contributed by atoms with Crippen molar-refractivity contribution in [1.82, 2.24) is 15.2 Å². The van der Waals surface area contributed by atoms with Gasteiger partial charge in [0.2, 0.25) is 0 Å². The summed E-state index contributed by atoms with van der Waals surface area (Å²) in [6, 6.07) is 3.90. The highest BCUT2D eigenvalue weighted by Crippen LogP contribution is 2.22. The van der Waals surface area contributed by atoms with Crippen molar-refractivity contribution in [2.24, 2.45) is 5.92 Å². The monoisotopic (exact) mass is 404 g/mol. The summed E-state index contributed by atoms with van der Waals surface area (Å²) in [5, 5.41) is 3.21. The van der Waals surface area contributed by atoms with E-state index >= 15 is 0 Å². The van der Waals surface area contributed by atoms with Crippen molar-refractivity contribution < 1.29 is 4.79 Å². The Kier molecular flexibility index (Phi) is 12.7. The van der Waals surface area contributed by atoms with E-state index < -0.39 is 0 Å². The van der Waals surface area contributed by atoms with Gasteiger partial charge in [-0.25, -0.2) is 4.98 Å². The third kappa shape index (κ3) is 6.93. The maximum absolute atomic E-state index is 12.7. The Balaban J connectivity index is 0.00000312. The Hall–Kier alpha value is -1.04. The number of hydrogen-bond acceptors (Lipinski definition) is 4. The quantitative estimate of drug-likeness (QED) is 0.718. The molecule has 1 saturated heterocycles. The zero-order valence-corrected chi connectivity index (χ0v) is 17.9. The second-order valence-corrected chi connectivity index (χ2v) is 6.61. The Labute approximate surface area is 170 Å². The van der Waals surface area contributed by atoms with E-state index in [2.05, 4.69) is 29.0 Å². The maximum atomic E-state index is 12.7. The van der Waals surface area contributed by atoms with Gasteiger partial charge >= 0.3 is 0 Å². The van der Waals surface area contributed by atoms with Crippen molar-refractivity contribution in [2.75, 3.05) is 44.7 Å². The topological polar surface area (TPSA) is 48.5 Å². The number of amides is 1. The number of hydrogen-bond donors (Lipinski definition) is 1. The van der Waals surface area contributed by atoms with Gasteiger partial charge in [0.15, 0.2) is 0 Å². The SMILES string of the molecule is CCCN(CC)c1ccc(C(=O)N2CCC(CCNC)CC2)cn1.Cl.Cl. The number of carbonyl (C=O) groups excluding carboxylic acids is 1. The fraction of sp³-hybridized carbons (Fsp3) is 0.684. The molecule has 1 aliphatic rings. The summed E-state index contributed by atoms with van der Waals surface area (Å²) in [6.45, 7) is 9.04. The second kappa shape index (κ2) is 13.2. The molecular weight excluding hydrogens is 371 g/mol. The molecule has 0 saturated carbocycles. The van der Waals surface area contributed by atoms with Crippen LogP contribution in [0.4, 0.5) is 5.82 Å². The van der Waals surface area contributed by atoms with Gasteiger partial charge in [-0.15, -0.1) is 24.8 Å². The van der Waals surface area contributed by atoms with Crippen molar-refractivity contribution >= 4 is 36.5 Å². The first-order valence-corrected chi connectivity index (χ1v) is 9.34. The number of aromatic nitrogens is 1. The van der Waals surface area contributed by atoms with Crippen molar-refractivity contribution in [3.8, 4) is 0 Å². The molecule has 0 atom stereocenters. The molecular formula is C19H34Cl2N4O. The molecule has 0 radical (unpaired) electrons. The molecule has 0 unspecified atom stereocenters. The molecule has 1 amide bonds. The molecule has 1 fully saturated rings. The molecule has 0 aliphatic carbocycles. The van der Waals surface area contributed by atoms with Gasteiger partial charge in [-0.2, -0.15) is 0 Å². The fourth-order valence-electron chi connectivity index (χ4n) is 3.36. The molecule has 0 spiro atoms. The number of likely N-dealkylation sites (tertiary alicyclic amines) is 1. The van der Waals surface area contributed by atoms with Gasteiger partial charge in [0.1, 0.15) is 5.82 Å². The predicted octanol–water partition coefficient (Wildman–Crippen LogP) is 3.62. The minimum absolute atomic E-state index is 0. The first kappa shape index (κ1) is 25.0. The lowest BCUT2D eigenvalue weighted by molar-refractivity contribution is 0.0686. The zero-order valence-electron chi connectivity index (χ0n) is 16.2. The van der Waals surface area contributed by atoms with Gasteiger partial charge in [-0.3, -0.25) is 4.79 Å². The van der Waals surface area contributed by atoms with E-state index in [1.54, 1.807) is 6.20 Å². The molecule has 0 bridgehead atoms. The van der Waals surface area contributed by atoms with Crippen LogP contribution in [-0.4, -0.2) is 55.6 Å². The number of rotatable bonds is 8. The lowest BCUT2D eigenvalue weighted by Crippen LogP contribution is -2.39. The van der Waals surface area contributed by atoms with Crippen LogP contribution in [0.5, 0.6) is 0 Å². The summed E-state index contributed by atoms with van der Waals surface area (Å²) in [4.78, 5) is 21.4. The molecule has 5 nitrogen and oxygen atoms in total. The molecule has 1 aromatic rings. The van der Waals surface area contributed by atoms with Gasteiger partial charge in [0.05, 0.1) is 5.56 Å². The van der Waals surface area contributed by atoms with Crippen LogP contribution in [0, 0.1) is 5.92 Å². The minimum atomic E-state index is 0. The summed E-state index contributed by atoms with van der Waals surface area (Å²) in [5.41, 5.74) is 0.708. The van der Waals surface area contributed by atoms with Gasteiger partial charge in [0.25, 0.3) is 5.91 Å². The number of carbonyl (C=O) groups is 1. The van der Waals surface area contributed by atoms with E-state index in [4.69, 9.17) is 0 Å². The lowest BCUT2D eigenvalue weighted by atomic mass is 9.93. The third-order valence-corrected chi connectivity index (χ3v) is 4.90. The molecule has 26 heavy (non-hydrogen) atoms. The Morgan fingerprint density at radius 3 is 2.46 bits per heavy atom. The summed E-state index contributed by atoms with van der Waals surface area (Å²) < 4.78 is 0. The number of anilines is 1. The van der Waals surface area contributed by atoms with Crippen molar-refractivity contribution in [2.45, 2.75) is 39.5 Å². The van der Waals surface area contributed by atoms with E-state index in [1.807, 2.05) is 24.1 Å². The third-order valence-electron chi connectivity index (χ3n) is 4.90. The smallest absolute Gasteiger partial charge is 0.255 e. The van der Waals surface area contributed by atoms with Gasteiger partial charge in [0, 0.05) is 32.4 Å². The first-order chi connectivity index (χ1) is 11.7. The van der Waals surface area contributed by atoms with Crippen LogP contribution in [0.15, 0.2) is 18.3 Å². The standard InChI is InChI=1S/C19H32N4O.2ClH/c1-4-12-22(5-2)18-7-6-17(15-21-18)19(24)23-13-9-16(10-14-23)8-11-20-3;;/h6-7,15-16,20H,4-5,8-14H2,1-3H3;2*1H. The van der Waals surface area contributed by atoms with Crippen molar-refractivity contribution in [3.63, 3.8) is 0 Å². The van der Waals surface area contributed by atoms with Gasteiger partial charge in [-0.05, 0) is 64.3 Å². The van der Waals surface area contributed by atoms with Crippen LogP contribution in [0.3, 0.4) is 0 Å². The summed E-state index contributed by atoms with van der Waals surface area (Å²) >= 11 is 0. The average molecular weight is 405 g/mol. The normalized spacial score (nSPS) is 14.3. The highest BCUT2D eigenvalue weighted by atomic mass is 35.5. The van der Waals surface area contributed by atoms with Crippen LogP contribution in [0.25, 0.3) is 0 Å². The lowest BCUT2D eigenvalue weighted by Gasteiger charge is -2.32. The maximum Gasteiger partial charge on any atom is 0.255 e. The van der Waals surface area contributed by atoms with Crippen LogP contribution >= 0.6 is 24.8 Å². The van der Waals surface area contributed by atoms with E-state index in [9.17, 15) is 4.79 Å².